The molecule has 1 aliphatic heterocycles. The molecule has 0 spiro atoms. The van der Waals surface area contributed by atoms with Crippen LogP contribution >= 0.6 is 0 Å². The third-order valence-electron chi connectivity index (χ3n) is 2.98. The molecular weight excluding hydrogens is 248 g/mol. The number of hydrogen-bond donors (Lipinski definition) is 0. The predicted molar refractivity (Wildman–Crippen MR) is 69.0 cm³/mol. The minimum atomic E-state index is -0.250. The van der Waals surface area contributed by atoms with Crippen molar-refractivity contribution in [1.82, 2.24) is 0 Å². The Bertz CT molecular complexity index is 457. The number of carbonyl (C=O) groups excluding carboxylic acids is 1. The van der Waals surface area contributed by atoms with Gasteiger partial charge < -0.3 is 18.9 Å². The SMILES string of the molecule is COCC1Oc2ccc(C(C)=O)cc2OC1COC. The molecule has 0 radical (unpaired) electrons. The zero-order valence-corrected chi connectivity index (χ0v) is 11.3. The number of rotatable bonds is 5. The molecule has 2 rings (SSSR count). The van der Waals surface area contributed by atoms with Crippen LogP contribution in [0.5, 0.6) is 11.5 Å². The van der Waals surface area contributed by atoms with Gasteiger partial charge in [-0.15, -0.1) is 0 Å². The van der Waals surface area contributed by atoms with E-state index in [1.54, 1.807) is 32.4 Å². The van der Waals surface area contributed by atoms with Gasteiger partial charge in [-0.1, -0.05) is 0 Å². The second-order valence-corrected chi connectivity index (χ2v) is 4.44. The van der Waals surface area contributed by atoms with Crippen molar-refractivity contribution in [1.29, 1.82) is 0 Å². The van der Waals surface area contributed by atoms with Crippen LogP contribution in [0.4, 0.5) is 0 Å². The van der Waals surface area contributed by atoms with E-state index in [0.717, 1.165) is 0 Å². The molecule has 0 amide bonds. The highest BCUT2D eigenvalue weighted by molar-refractivity contribution is 5.94. The lowest BCUT2D eigenvalue weighted by atomic mass is 10.1. The topological polar surface area (TPSA) is 54.0 Å². The molecule has 0 saturated carbocycles. The van der Waals surface area contributed by atoms with Gasteiger partial charge in [0.2, 0.25) is 0 Å². The minimum absolute atomic E-state index is 0.00583. The molecule has 0 bridgehead atoms. The van der Waals surface area contributed by atoms with Crippen molar-refractivity contribution in [3.05, 3.63) is 23.8 Å². The number of ketones is 1. The first-order chi connectivity index (χ1) is 9.15. The van der Waals surface area contributed by atoms with Gasteiger partial charge in [-0.3, -0.25) is 4.79 Å². The summed E-state index contributed by atoms with van der Waals surface area (Å²) >= 11 is 0. The van der Waals surface area contributed by atoms with Gasteiger partial charge in [0, 0.05) is 19.8 Å². The average molecular weight is 266 g/mol. The number of carbonyl (C=O) groups is 1. The third-order valence-corrected chi connectivity index (χ3v) is 2.98. The van der Waals surface area contributed by atoms with Crippen LogP contribution in [0.1, 0.15) is 17.3 Å². The maximum Gasteiger partial charge on any atom is 0.162 e. The summed E-state index contributed by atoms with van der Waals surface area (Å²) in [6, 6.07) is 5.17. The van der Waals surface area contributed by atoms with Crippen molar-refractivity contribution in [2.45, 2.75) is 19.1 Å². The highest BCUT2D eigenvalue weighted by atomic mass is 16.6. The van der Waals surface area contributed by atoms with Gasteiger partial charge in [0.25, 0.3) is 0 Å². The van der Waals surface area contributed by atoms with Crippen molar-refractivity contribution >= 4 is 5.78 Å². The van der Waals surface area contributed by atoms with Crippen molar-refractivity contribution < 1.29 is 23.7 Å². The first kappa shape index (κ1) is 13.8. The maximum absolute atomic E-state index is 11.4. The van der Waals surface area contributed by atoms with E-state index in [2.05, 4.69) is 0 Å². The summed E-state index contributed by atoms with van der Waals surface area (Å²) in [5, 5.41) is 0. The number of ether oxygens (including phenoxy) is 4. The Balaban J connectivity index is 2.24. The molecule has 104 valence electrons. The fourth-order valence-electron chi connectivity index (χ4n) is 2.01. The highest BCUT2D eigenvalue weighted by Crippen LogP contribution is 2.35. The van der Waals surface area contributed by atoms with Gasteiger partial charge in [0.05, 0.1) is 13.2 Å². The molecule has 5 heteroatoms. The molecule has 1 aromatic carbocycles. The van der Waals surface area contributed by atoms with Crippen LogP contribution in [0.15, 0.2) is 18.2 Å². The summed E-state index contributed by atoms with van der Waals surface area (Å²) in [4.78, 5) is 11.4. The van der Waals surface area contributed by atoms with Crippen LogP contribution in [-0.4, -0.2) is 45.4 Å². The van der Waals surface area contributed by atoms with Gasteiger partial charge in [-0.2, -0.15) is 0 Å². The molecule has 0 saturated heterocycles. The van der Waals surface area contributed by atoms with Crippen LogP contribution in [0, 0.1) is 0 Å². The fraction of sp³-hybridized carbons (Fsp3) is 0.500. The molecule has 2 atom stereocenters. The van der Waals surface area contributed by atoms with Gasteiger partial charge in [0.1, 0.15) is 0 Å². The second kappa shape index (κ2) is 6.04. The first-order valence-corrected chi connectivity index (χ1v) is 6.12. The second-order valence-electron chi connectivity index (χ2n) is 4.44. The molecule has 0 N–H and O–H groups in total. The Morgan fingerprint density at radius 3 is 2.21 bits per heavy atom. The van der Waals surface area contributed by atoms with E-state index in [1.807, 2.05) is 0 Å². The average Bonchev–Trinajstić information content (AvgIpc) is 2.39. The lowest BCUT2D eigenvalue weighted by Gasteiger charge is -2.33. The summed E-state index contributed by atoms with van der Waals surface area (Å²) in [7, 11) is 3.22. The van der Waals surface area contributed by atoms with E-state index in [9.17, 15) is 4.79 Å². The van der Waals surface area contributed by atoms with Crippen LogP contribution in [0.3, 0.4) is 0 Å². The Morgan fingerprint density at radius 2 is 1.68 bits per heavy atom. The number of benzene rings is 1. The zero-order chi connectivity index (χ0) is 13.8. The van der Waals surface area contributed by atoms with Crippen molar-refractivity contribution in [2.75, 3.05) is 27.4 Å². The summed E-state index contributed by atoms with van der Waals surface area (Å²) in [5.41, 5.74) is 0.601. The smallest absolute Gasteiger partial charge is 0.162 e. The molecule has 5 nitrogen and oxygen atoms in total. The quantitative estimate of drug-likeness (QED) is 0.759. The number of methoxy groups -OCH3 is 2. The summed E-state index contributed by atoms with van der Waals surface area (Å²) in [6.45, 7) is 2.34. The van der Waals surface area contributed by atoms with Gasteiger partial charge in [-0.05, 0) is 25.1 Å². The lowest BCUT2D eigenvalue weighted by Crippen LogP contribution is -2.45. The van der Waals surface area contributed by atoms with E-state index in [-0.39, 0.29) is 18.0 Å². The van der Waals surface area contributed by atoms with Crippen LogP contribution in [-0.2, 0) is 9.47 Å². The van der Waals surface area contributed by atoms with Crippen LogP contribution in [0.2, 0.25) is 0 Å². The number of hydrogen-bond acceptors (Lipinski definition) is 5. The molecule has 0 fully saturated rings. The summed E-state index contributed by atoms with van der Waals surface area (Å²) in [5.74, 6) is 1.19. The Kier molecular flexibility index (Phi) is 4.39. The zero-order valence-electron chi connectivity index (χ0n) is 11.3. The summed E-state index contributed by atoms with van der Waals surface area (Å²) in [6.07, 6.45) is -0.472. The van der Waals surface area contributed by atoms with E-state index in [1.165, 1.54) is 6.92 Å². The Labute approximate surface area is 112 Å². The van der Waals surface area contributed by atoms with Crippen LogP contribution < -0.4 is 9.47 Å². The molecule has 19 heavy (non-hydrogen) atoms. The Morgan fingerprint density at radius 1 is 1.11 bits per heavy atom. The molecule has 0 aliphatic carbocycles. The largest absolute Gasteiger partial charge is 0.480 e. The van der Waals surface area contributed by atoms with Crippen LogP contribution in [0.25, 0.3) is 0 Å². The van der Waals surface area contributed by atoms with Gasteiger partial charge >= 0.3 is 0 Å². The molecular formula is C14H18O5. The van der Waals surface area contributed by atoms with E-state index in [0.29, 0.717) is 30.3 Å². The first-order valence-electron chi connectivity index (χ1n) is 6.12. The minimum Gasteiger partial charge on any atom is -0.480 e. The monoisotopic (exact) mass is 266 g/mol. The third kappa shape index (κ3) is 3.05. The van der Waals surface area contributed by atoms with E-state index < -0.39 is 0 Å². The van der Waals surface area contributed by atoms with Crippen molar-refractivity contribution in [3.63, 3.8) is 0 Å². The maximum atomic E-state index is 11.4. The van der Waals surface area contributed by atoms with E-state index >= 15 is 0 Å². The van der Waals surface area contributed by atoms with Crippen molar-refractivity contribution in [3.8, 4) is 11.5 Å². The molecule has 1 aromatic rings. The Hall–Kier alpha value is -1.59. The number of Topliss-reactive ketones (excluding diaryl/α,β-unsaturated/α-hetero) is 1. The normalized spacial score (nSPS) is 21.2. The standard InChI is InChI=1S/C14H18O5/c1-9(15)10-4-5-11-12(6-10)19-14(8-17-3)13(18-11)7-16-2/h4-6,13-14H,7-8H2,1-3H3. The molecule has 1 heterocycles. The van der Waals surface area contributed by atoms with E-state index in [4.69, 9.17) is 18.9 Å². The summed E-state index contributed by atoms with van der Waals surface area (Å²) < 4.78 is 21.9. The molecule has 2 unspecified atom stereocenters. The number of fused-ring (bicyclic) bond motifs is 1. The highest BCUT2D eigenvalue weighted by Gasteiger charge is 2.32. The van der Waals surface area contributed by atoms with Gasteiger partial charge in [0.15, 0.2) is 29.5 Å². The van der Waals surface area contributed by atoms with Crippen molar-refractivity contribution in [2.24, 2.45) is 0 Å². The predicted octanol–water partition coefficient (Wildman–Crippen LogP) is 1.69. The fourth-order valence-corrected chi connectivity index (χ4v) is 2.01. The molecule has 0 aromatic heterocycles. The lowest BCUT2D eigenvalue weighted by molar-refractivity contribution is -0.0514. The molecule has 1 aliphatic rings. The van der Waals surface area contributed by atoms with Gasteiger partial charge in [-0.25, -0.2) is 0 Å².